The predicted molar refractivity (Wildman–Crippen MR) is 131 cm³/mol. The molecule has 1 fully saturated rings. The molecule has 2 N–H and O–H groups in total. The van der Waals surface area contributed by atoms with E-state index in [9.17, 15) is 4.39 Å². The van der Waals surface area contributed by atoms with Crippen LogP contribution in [0.25, 0.3) is 22.3 Å². The summed E-state index contributed by atoms with van der Waals surface area (Å²) in [5.41, 5.74) is 12.4. The molecule has 0 spiro atoms. The Hall–Kier alpha value is -3.11. The number of alkyl halides is 1. The number of halogens is 2. The second-order valence-corrected chi connectivity index (χ2v) is 9.52. The third-order valence-electron chi connectivity index (χ3n) is 6.62. The molecule has 5 nitrogen and oxygen atoms in total. The smallest absolute Gasteiger partial charge is 0.280 e. The van der Waals surface area contributed by atoms with Crippen molar-refractivity contribution in [3.63, 3.8) is 0 Å². The molecule has 0 amide bonds. The van der Waals surface area contributed by atoms with Gasteiger partial charge in [0.1, 0.15) is 17.6 Å². The highest BCUT2D eigenvalue weighted by Gasteiger charge is 2.30. The number of hydrogen-bond acceptors (Lipinski definition) is 4. The summed E-state index contributed by atoms with van der Waals surface area (Å²) in [6.45, 7) is 2.69. The Morgan fingerprint density at radius 1 is 1.15 bits per heavy atom. The Balaban J connectivity index is 1.58. The topological polar surface area (TPSA) is 68.4 Å². The van der Waals surface area contributed by atoms with E-state index in [1.54, 1.807) is 4.70 Å². The van der Waals surface area contributed by atoms with E-state index in [0.717, 1.165) is 71.5 Å². The number of likely N-dealkylation sites (tertiary alicyclic amines) is 1. The van der Waals surface area contributed by atoms with Crippen molar-refractivity contribution in [1.29, 1.82) is 5.26 Å². The van der Waals surface area contributed by atoms with Gasteiger partial charge in [-0.2, -0.15) is 5.26 Å². The van der Waals surface area contributed by atoms with Crippen LogP contribution in [0.3, 0.4) is 0 Å². The minimum atomic E-state index is -0.520. The van der Waals surface area contributed by atoms with E-state index in [0.29, 0.717) is 0 Å². The molecule has 2 unspecified atom stereocenters. The van der Waals surface area contributed by atoms with Gasteiger partial charge in [0.15, 0.2) is 7.05 Å². The molecule has 34 heavy (non-hydrogen) atoms. The zero-order valence-electron chi connectivity index (χ0n) is 19.0. The van der Waals surface area contributed by atoms with Gasteiger partial charge in [0, 0.05) is 19.1 Å². The van der Waals surface area contributed by atoms with Crippen molar-refractivity contribution in [2.45, 2.75) is 30.9 Å². The maximum atomic E-state index is 14.6. The average Bonchev–Trinajstić information content (AvgIpc) is 3.12. The van der Waals surface area contributed by atoms with E-state index in [4.69, 9.17) is 22.6 Å². The van der Waals surface area contributed by atoms with Gasteiger partial charge in [-0.1, -0.05) is 24.3 Å². The Morgan fingerprint density at radius 2 is 1.94 bits per heavy atom. The molecule has 0 radical (unpaired) electrons. The molecular weight excluding hydrogens is 449 g/mol. The molecule has 2 aliphatic heterocycles. The largest absolute Gasteiger partial charge is 0.327 e. The third-order valence-corrected chi connectivity index (χ3v) is 7.14. The molecular formula is C27H26ClFN5+. The fourth-order valence-electron chi connectivity index (χ4n) is 4.87. The van der Waals surface area contributed by atoms with Crippen LogP contribution >= 0.6 is 11.6 Å². The van der Waals surface area contributed by atoms with Gasteiger partial charge in [-0.15, -0.1) is 4.70 Å². The lowest BCUT2D eigenvalue weighted by molar-refractivity contribution is -0.576. The second kappa shape index (κ2) is 9.27. The monoisotopic (exact) mass is 474 g/mol. The maximum absolute atomic E-state index is 14.6. The number of benzene rings is 3. The van der Waals surface area contributed by atoms with Gasteiger partial charge in [-0.25, -0.2) is 4.39 Å². The number of piperidine rings is 1. The molecule has 3 aromatic carbocycles. The van der Waals surface area contributed by atoms with Gasteiger partial charge < -0.3 is 5.73 Å². The minimum absolute atomic E-state index is 0.0379. The van der Waals surface area contributed by atoms with Crippen LogP contribution in [-0.4, -0.2) is 35.8 Å². The summed E-state index contributed by atoms with van der Waals surface area (Å²) in [5.74, 6) is -0.520. The zero-order chi connectivity index (χ0) is 23.8. The predicted octanol–water partition coefficient (Wildman–Crippen LogP) is 5.93. The number of nitriles is 1. The Labute approximate surface area is 203 Å². The molecule has 0 saturated carbocycles. The molecule has 2 atom stereocenters. The Kier molecular flexibility index (Phi) is 6.18. The van der Waals surface area contributed by atoms with Gasteiger partial charge in [0.05, 0.1) is 11.1 Å². The van der Waals surface area contributed by atoms with Crippen LogP contribution in [0.15, 0.2) is 59.7 Å². The van der Waals surface area contributed by atoms with E-state index in [2.05, 4.69) is 34.3 Å². The lowest BCUT2D eigenvalue weighted by Crippen LogP contribution is -2.42. The fraction of sp³-hybridized carbons (Fsp3) is 0.296. The average molecular weight is 475 g/mol. The highest BCUT2D eigenvalue weighted by molar-refractivity contribution is 6.20. The standard InChI is InChI=1S/C27H26ClFN5/c1-33-27(28)24-12-18(7-9-26(24)32-33)22-8-4-17(15-34-10-2-3-21(31)16-34)11-23(22)19-5-6-20(14-30)25(29)13-19/h4-9,11-13,21,27H,2-3,10,15-16,31H2,1H3/q+1. The summed E-state index contributed by atoms with van der Waals surface area (Å²) in [4.78, 5) is 2.37. The quantitative estimate of drug-likeness (QED) is 0.289. The summed E-state index contributed by atoms with van der Waals surface area (Å²) in [7, 11) is 1.85. The molecule has 1 saturated heterocycles. The Morgan fingerprint density at radius 3 is 2.71 bits per heavy atom. The molecule has 0 aromatic heterocycles. The second-order valence-electron chi connectivity index (χ2n) is 9.11. The van der Waals surface area contributed by atoms with Crippen LogP contribution < -0.4 is 5.73 Å². The number of rotatable bonds is 4. The Bertz CT molecular complexity index is 1330. The van der Waals surface area contributed by atoms with Crippen molar-refractivity contribution in [2.75, 3.05) is 20.1 Å². The van der Waals surface area contributed by atoms with E-state index >= 15 is 0 Å². The first-order valence-electron chi connectivity index (χ1n) is 11.5. The van der Waals surface area contributed by atoms with Crippen molar-refractivity contribution >= 4 is 17.3 Å². The first kappa shape index (κ1) is 22.7. The van der Waals surface area contributed by atoms with Crippen molar-refractivity contribution in [1.82, 2.24) is 4.90 Å². The maximum Gasteiger partial charge on any atom is 0.280 e. The summed E-state index contributed by atoms with van der Waals surface area (Å²) in [5, 5.41) is 13.6. The summed E-state index contributed by atoms with van der Waals surface area (Å²) >= 11 is 6.55. The number of fused-ring (bicyclic) bond motifs is 1. The number of nitrogens with zero attached hydrogens (tertiary/aromatic N) is 4. The van der Waals surface area contributed by atoms with Gasteiger partial charge >= 0.3 is 0 Å². The normalized spacial score (nSPS) is 20.0. The van der Waals surface area contributed by atoms with Gasteiger partial charge in [-0.3, -0.25) is 4.90 Å². The number of nitrogens with two attached hydrogens (primary N) is 1. The van der Waals surface area contributed by atoms with Crippen LogP contribution in [0.2, 0.25) is 0 Å². The fourth-order valence-corrected chi connectivity index (χ4v) is 5.09. The lowest BCUT2D eigenvalue weighted by Gasteiger charge is -2.30. The lowest BCUT2D eigenvalue weighted by atomic mass is 9.91. The molecule has 0 bridgehead atoms. The first-order chi connectivity index (χ1) is 16.4. The highest BCUT2D eigenvalue weighted by Crippen LogP contribution is 2.41. The van der Waals surface area contributed by atoms with Crippen LogP contribution in [0.1, 0.15) is 35.0 Å². The molecule has 172 valence electrons. The molecule has 2 heterocycles. The van der Waals surface area contributed by atoms with Crippen LogP contribution in [0, 0.1) is 17.1 Å². The summed E-state index contributed by atoms with van der Waals surface area (Å²) < 4.78 is 16.3. The van der Waals surface area contributed by atoms with Gasteiger partial charge in [0.25, 0.3) is 5.50 Å². The summed E-state index contributed by atoms with van der Waals surface area (Å²) in [6.07, 6.45) is 2.16. The van der Waals surface area contributed by atoms with Gasteiger partial charge in [-0.05, 0) is 94.3 Å². The molecule has 0 aliphatic carbocycles. The van der Waals surface area contributed by atoms with Crippen molar-refractivity contribution in [3.8, 4) is 28.3 Å². The summed E-state index contributed by atoms with van der Waals surface area (Å²) in [6, 6.07) is 19.3. The van der Waals surface area contributed by atoms with E-state index in [1.165, 1.54) is 12.1 Å². The van der Waals surface area contributed by atoms with Crippen LogP contribution in [0.5, 0.6) is 0 Å². The van der Waals surface area contributed by atoms with Crippen molar-refractivity contribution < 1.29 is 9.09 Å². The van der Waals surface area contributed by atoms with Crippen molar-refractivity contribution in [2.24, 2.45) is 10.8 Å². The van der Waals surface area contributed by atoms with E-state index in [-0.39, 0.29) is 17.1 Å². The number of azo groups is 2. The molecule has 7 heteroatoms. The van der Waals surface area contributed by atoms with Crippen LogP contribution in [-0.2, 0) is 6.54 Å². The SMILES string of the molecule is C[N+]1=Nc2ccc(-c3ccc(CN4CCCC(N)C4)cc3-c3ccc(C#N)c(F)c3)cc2C1Cl. The molecule has 5 rings (SSSR count). The van der Waals surface area contributed by atoms with Crippen LogP contribution in [0.4, 0.5) is 10.1 Å². The van der Waals surface area contributed by atoms with Crippen molar-refractivity contribution in [3.05, 3.63) is 77.1 Å². The third kappa shape index (κ3) is 4.35. The van der Waals surface area contributed by atoms with E-state index < -0.39 is 5.82 Å². The molecule has 2 aliphatic rings. The van der Waals surface area contributed by atoms with Gasteiger partial charge in [0.2, 0.25) is 0 Å². The number of hydrogen-bond donors (Lipinski definition) is 1. The molecule has 3 aromatic rings. The minimum Gasteiger partial charge on any atom is -0.327 e. The first-order valence-corrected chi connectivity index (χ1v) is 11.9. The highest BCUT2D eigenvalue weighted by atomic mass is 35.5. The zero-order valence-corrected chi connectivity index (χ0v) is 19.8. The van der Waals surface area contributed by atoms with E-state index in [1.807, 2.05) is 31.3 Å².